The van der Waals surface area contributed by atoms with Crippen molar-refractivity contribution in [1.82, 2.24) is 4.90 Å². The van der Waals surface area contributed by atoms with E-state index in [2.05, 4.69) is 18.7 Å². The maximum absolute atomic E-state index is 12.3. The predicted molar refractivity (Wildman–Crippen MR) is 80.2 cm³/mol. The van der Waals surface area contributed by atoms with Crippen LogP contribution in [0, 0.1) is 5.92 Å². The molecular formula is C15H19Cl2NO. The first-order chi connectivity index (χ1) is 8.97. The van der Waals surface area contributed by atoms with Crippen LogP contribution in [0.1, 0.15) is 37.0 Å². The second-order valence-electron chi connectivity index (χ2n) is 5.51. The Morgan fingerprint density at radius 3 is 2.63 bits per heavy atom. The van der Waals surface area contributed by atoms with Crippen molar-refractivity contribution >= 4 is 29.0 Å². The van der Waals surface area contributed by atoms with Crippen molar-refractivity contribution in [3.8, 4) is 0 Å². The first-order valence-corrected chi connectivity index (χ1v) is 7.45. The quantitative estimate of drug-likeness (QED) is 0.730. The van der Waals surface area contributed by atoms with Gasteiger partial charge in [-0.15, -0.1) is 0 Å². The molecule has 1 aliphatic carbocycles. The molecule has 2 nitrogen and oxygen atoms in total. The molecule has 0 N–H and O–H groups in total. The van der Waals surface area contributed by atoms with Gasteiger partial charge < -0.3 is 0 Å². The molecule has 0 unspecified atom stereocenters. The lowest BCUT2D eigenvalue weighted by molar-refractivity contribution is 0.0901. The molecule has 0 bridgehead atoms. The molecule has 0 aromatic heterocycles. The van der Waals surface area contributed by atoms with Gasteiger partial charge in [-0.1, -0.05) is 23.2 Å². The summed E-state index contributed by atoms with van der Waals surface area (Å²) in [5.74, 6) is 0.812. The van der Waals surface area contributed by atoms with Crippen molar-refractivity contribution in [2.75, 3.05) is 13.1 Å². The summed E-state index contributed by atoms with van der Waals surface area (Å²) in [6.07, 6.45) is 2.57. The smallest absolute Gasteiger partial charge is 0.178 e. The summed E-state index contributed by atoms with van der Waals surface area (Å²) in [6.45, 7) is 5.65. The molecule has 0 spiro atoms. The minimum Gasteiger partial charge on any atom is -0.293 e. The Balaban J connectivity index is 2.07. The van der Waals surface area contributed by atoms with E-state index in [0.29, 0.717) is 28.2 Å². The molecule has 4 heteroatoms. The largest absolute Gasteiger partial charge is 0.293 e. The summed E-state index contributed by atoms with van der Waals surface area (Å²) in [7, 11) is 0. The van der Waals surface area contributed by atoms with E-state index in [0.717, 1.165) is 12.5 Å². The summed E-state index contributed by atoms with van der Waals surface area (Å²) in [6, 6.07) is 5.40. The Bertz CT molecular complexity index is 469. The number of carbonyl (C=O) groups excluding carboxylic acids is 1. The highest BCUT2D eigenvalue weighted by Gasteiger charge is 2.27. The minimum atomic E-state index is 0.0434. The second kappa shape index (κ2) is 6.25. The van der Waals surface area contributed by atoms with Crippen LogP contribution in [0.2, 0.25) is 10.0 Å². The number of nitrogens with zero attached hydrogens (tertiary/aromatic N) is 1. The lowest BCUT2D eigenvalue weighted by Gasteiger charge is -2.25. The van der Waals surface area contributed by atoms with Crippen LogP contribution in [-0.2, 0) is 0 Å². The van der Waals surface area contributed by atoms with E-state index in [-0.39, 0.29) is 5.78 Å². The summed E-state index contributed by atoms with van der Waals surface area (Å²) < 4.78 is 0. The van der Waals surface area contributed by atoms with Crippen molar-refractivity contribution in [1.29, 1.82) is 0 Å². The molecule has 1 aromatic rings. The highest BCUT2D eigenvalue weighted by atomic mass is 35.5. The maximum Gasteiger partial charge on any atom is 0.178 e. The van der Waals surface area contributed by atoms with Gasteiger partial charge in [-0.25, -0.2) is 0 Å². The van der Waals surface area contributed by atoms with Gasteiger partial charge in [0.25, 0.3) is 0 Å². The van der Waals surface area contributed by atoms with E-state index in [1.807, 2.05) is 0 Å². The topological polar surface area (TPSA) is 20.3 Å². The monoisotopic (exact) mass is 299 g/mol. The molecule has 104 valence electrons. The molecule has 2 rings (SSSR count). The number of ketones is 1. The lowest BCUT2D eigenvalue weighted by Crippen LogP contribution is -2.37. The van der Waals surface area contributed by atoms with Gasteiger partial charge in [0.2, 0.25) is 0 Å². The second-order valence-corrected chi connectivity index (χ2v) is 6.36. The van der Waals surface area contributed by atoms with Gasteiger partial charge in [0.1, 0.15) is 0 Å². The lowest BCUT2D eigenvalue weighted by atomic mass is 10.1. The normalized spacial score (nSPS) is 15.3. The molecule has 0 amide bonds. The molecule has 0 heterocycles. The summed E-state index contributed by atoms with van der Waals surface area (Å²) in [5.41, 5.74) is 0.524. The minimum absolute atomic E-state index is 0.0434. The van der Waals surface area contributed by atoms with Crippen molar-refractivity contribution in [3.63, 3.8) is 0 Å². The number of Topliss-reactive ketones (excluding diaryl/α,β-unsaturated/α-hetero) is 1. The van der Waals surface area contributed by atoms with Crippen LogP contribution in [0.4, 0.5) is 0 Å². The van der Waals surface area contributed by atoms with Crippen LogP contribution < -0.4 is 0 Å². The highest BCUT2D eigenvalue weighted by Crippen LogP contribution is 2.30. The molecule has 0 saturated heterocycles. The molecule has 0 aliphatic heterocycles. The van der Waals surface area contributed by atoms with Gasteiger partial charge in [-0.3, -0.25) is 9.69 Å². The van der Waals surface area contributed by atoms with E-state index in [1.54, 1.807) is 18.2 Å². The van der Waals surface area contributed by atoms with Crippen LogP contribution in [0.3, 0.4) is 0 Å². The van der Waals surface area contributed by atoms with Crippen LogP contribution in [0.15, 0.2) is 18.2 Å². The fourth-order valence-corrected chi connectivity index (χ4v) is 2.47. The van der Waals surface area contributed by atoms with Gasteiger partial charge in [0, 0.05) is 23.2 Å². The average molecular weight is 300 g/mol. The third-order valence-corrected chi connectivity index (χ3v) is 4.06. The average Bonchev–Trinajstić information content (AvgIpc) is 3.15. The molecule has 1 fully saturated rings. The Labute approximate surface area is 124 Å². The number of rotatable bonds is 6. The van der Waals surface area contributed by atoms with E-state index < -0.39 is 0 Å². The van der Waals surface area contributed by atoms with Gasteiger partial charge >= 0.3 is 0 Å². The number of halogens is 2. The molecule has 19 heavy (non-hydrogen) atoms. The summed E-state index contributed by atoms with van der Waals surface area (Å²) in [4.78, 5) is 14.6. The molecule has 1 saturated carbocycles. The Kier molecular flexibility index (Phi) is 4.88. The Morgan fingerprint density at radius 1 is 1.37 bits per heavy atom. The fraction of sp³-hybridized carbons (Fsp3) is 0.533. The first kappa shape index (κ1) is 14.8. The number of benzene rings is 1. The van der Waals surface area contributed by atoms with Crippen LogP contribution in [-0.4, -0.2) is 29.8 Å². The Morgan fingerprint density at radius 2 is 2.05 bits per heavy atom. The predicted octanol–water partition coefficient (Wildman–Crippen LogP) is 4.30. The molecule has 1 aromatic carbocycles. The molecule has 1 aliphatic rings. The van der Waals surface area contributed by atoms with E-state index >= 15 is 0 Å². The standard InChI is InChI=1S/C15H19Cl2NO/c1-10(2)18(8-11-3-4-11)9-15(19)13-7-12(16)5-6-14(13)17/h5-7,10-11H,3-4,8-9H2,1-2H3. The SMILES string of the molecule is CC(C)N(CC(=O)c1cc(Cl)ccc1Cl)CC1CC1. The molecule has 0 radical (unpaired) electrons. The third-order valence-electron chi connectivity index (χ3n) is 3.50. The van der Waals surface area contributed by atoms with Crippen molar-refractivity contribution < 1.29 is 4.79 Å². The van der Waals surface area contributed by atoms with Gasteiger partial charge in [-0.05, 0) is 50.8 Å². The van der Waals surface area contributed by atoms with Crippen LogP contribution >= 0.6 is 23.2 Å². The van der Waals surface area contributed by atoms with Crippen molar-refractivity contribution in [2.45, 2.75) is 32.7 Å². The summed E-state index contributed by atoms with van der Waals surface area (Å²) in [5, 5.41) is 1.02. The van der Waals surface area contributed by atoms with Gasteiger partial charge in [0.05, 0.1) is 11.6 Å². The fourth-order valence-electron chi connectivity index (χ4n) is 2.07. The van der Waals surface area contributed by atoms with E-state index in [1.165, 1.54) is 12.8 Å². The zero-order valence-corrected chi connectivity index (χ0v) is 12.8. The van der Waals surface area contributed by atoms with Crippen molar-refractivity contribution in [2.24, 2.45) is 5.92 Å². The number of hydrogen-bond donors (Lipinski definition) is 0. The van der Waals surface area contributed by atoms with E-state index in [9.17, 15) is 4.79 Å². The van der Waals surface area contributed by atoms with Gasteiger partial charge in [0.15, 0.2) is 5.78 Å². The number of hydrogen-bond acceptors (Lipinski definition) is 2. The zero-order valence-electron chi connectivity index (χ0n) is 11.3. The Hall–Kier alpha value is -0.570. The molecule has 0 atom stereocenters. The first-order valence-electron chi connectivity index (χ1n) is 6.69. The highest BCUT2D eigenvalue weighted by molar-refractivity contribution is 6.36. The van der Waals surface area contributed by atoms with E-state index in [4.69, 9.17) is 23.2 Å². The molecular weight excluding hydrogens is 281 g/mol. The van der Waals surface area contributed by atoms with Gasteiger partial charge in [-0.2, -0.15) is 0 Å². The summed E-state index contributed by atoms with van der Waals surface area (Å²) >= 11 is 12.0. The third kappa shape index (κ3) is 4.20. The number of carbonyl (C=O) groups is 1. The van der Waals surface area contributed by atoms with Crippen molar-refractivity contribution in [3.05, 3.63) is 33.8 Å². The van der Waals surface area contributed by atoms with Crippen LogP contribution in [0.5, 0.6) is 0 Å². The zero-order chi connectivity index (χ0) is 14.0. The maximum atomic E-state index is 12.3. The van der Waals surface area contributed by atoms with Crippen LogP contribution in [0.25, 0.3) is 0 Å².